The number of nitrogens with zero attached hydrogens (tertiary/aromatic N) is 1. The fourth-order valence-corrected chi connectivity index (χ4v) is 1.22. The summed E-state index contributed by atoms with van der Waals surface area (Å²) in [5, 5.41) is 18.1. The summed E-state index contributed by atoms with van der Waals surface area (Å²) in [4.78, 5) is 17.7. The summed E-state index contributed by atoms with van der Waals surface area (Å²) < 4.78 is 0. The maximum absolute atomic E-state index is 11.3. The number of H-pyrrole nitrogens is 1. The van der Waals surface area contributed by atoms with E-state index in [1.807, 2.05) is 0 Å². The van der Waals surface area contributed by atoms with Gasteiger partial charge in [0, 0.05) is 17.9 Å². The van der Waals surface area contributed by atoms with E-state index in [9.17, 15) is 4.79 Å². The molecule has 0 unspecified atom stereocenters. The van der Waals surface area contributed by atoms with E-state index >= 15 is 0 Å². The summed E-state index contributed by atoms with van der Waals surface area (Å²) in [5.74, 6) is 0. The molecule has 0 fully saturated rings. The summed E-state index contributed by atoms with van der Waals surface area (Å²) in [5.41, 5.74) is 0.435. The Bertz CT molecular complexity index is 523. The van der Waals surface area contributed by atoms with Crippen molar-refractivity contribution in [3.63, 3.8) is 0 Å². The van der Waals surface area contributed by atoms with E-state index in [0.29, 0.717) is 10.9 Å². The van der Waals surface area contributed by atoms with Gasteiger partial charge in [0.1, 0.15) is 0 Å². The van der Waals surface area contributed by atoms with Crippen molar-refractivity contribution in [3.05, 3.63) is 34.9 Å². The molecule has 2 rings (SSSR count). The van der Waals surface area contributed by atoms with Crippen LogP contribution in [0.15, 0.2) is 29.3 Å². The number of aromatic amines is 1. The fraction of sp³-hybridized carbons (Fsp3) is 0. The van der Waals surface area contributed by atoms with Gasteiger partial charge in [-0.2, -0.15) is 0 Å². The molecule has 0 atom stereocenters. The molecule has 0 aliphatic heterocycles. The molecule has 2 aromatic rings. The molecule has 0 aliphatic carbocycles. The Balaban J connectivity index is 2.76. The molecular weight excluding hydrogens is 183 g/mol. The number of hydrogen-bond donors (Lipinski definition) is 3. The van der Waals surface area contributed by atoms with Crippen molar-refractivity contribution in [1.82, 2.24) is 9.97 Å². The average Bonchev–Trinajstić information content (AvgIpc) is 2.18. The van der Waals surface area contributed by atoms with Gasteiger partial charge in [0.2, 0.25) is 0 Å². The Hall–Kier alpha value is -1.66. The van der Waals surface area contributed by atoms with E-state index in [1.165, 1.54) is 18.5 Å². The molecule has 3 N–H and O–H groups in total. The maximum atomic E-state index is 11.3. The molecule has 2 heterocycles. The van der Waals surface area contributed by atoms with Crippen molar-refractivity contribution in [2.75, 3.05) is 0 Å². The fourth-order valence-electron chi connectivity index (χ4n) is 1.22. The third kappa shape index (κ3) is 1.41. The van der Waals surface area contributed by atoms with Crippen LogP contribution in [0, 0.1) is 0 Å². The van der Waals surface area contributed by atoms with Crippen molar-refractivity contribution in [3.8, 4) is 0 Å². The lowest BCUT2D eigenvalue weighted by Crippen LogP contribution is -2.30. The van der Waals surface area contributed by atoms with Crippen LogP contribution < -0.4 is 11.0 Å². The van der Waals surface area contributed by atoms with Crippen LogP contribution in [-0.2, 0) is 0 Å². The first-order chi connectivity index (χ1) is 6.68. The second-order valence-corrected chi connectivity index (χ2v) is 2.88. The van der Waals surface area contributed by atoms with Crippen LogP contribution in [0.1, 0.15) is 0 Å². The average molecular weight is 190 g/mol. The third-order valence-electron chi connectivity index (χ3n) is 1.94. The van der Waals surface area contributed by atoms with Crippen LogP contribution in [0.25, 0.3) is 10.9 Å². The topological polar surface area (TPSA) is 86.2 Å². The third-order valence-corrected chi connectivity index (χ3v) is 1.94. The van der Waals surface area contributed by atoms with Crippen molar-refractivity contribution < 1.29 is 10.0 Å². The standard InChI is InChI=1S/C8H7BN2O3/c12-8-6-3-5(9(13)14)4-11-7(6)1-2-10-8/h1-4,13-14H,(H,10,12). The van der Waals surface area contributed by atoms with Crippen LogP contribution in [0.5, 0.6) is 0 Å². The molecule has 0 bridgehead atoms. The first-order valence-electron chi connectivity index (χ1n) is 4.02. The van der Waals surface area contributed by atoms with Gasteiger partial charge >= 0.3 is 7.12 Å². The minimum absolute atomic E-state index is 0.203. The summed E-state index contributed by atoms with van der Waals surface area (Å²) in [6.07, 6.45) is 2.82. The van der Waals surface area contributed by atoms with Crippen LogP contribution in [0.4, 0.5) is 0 Å². The van der Waals surface area contributed by atoms with Crippen molar-refractivity contribution in [2.45, 2.75) is 0 Å². The molecule has 0 aliphatic rings. The molecule has 0 radical (unpaired) electrons. The van der Waals surface area contributed by atoms with Crippen LogP contribution in [0.2, 0.25) is 0 Å². The molecule has 0 saturated heterocycles. The van der Waals surface area contributed by atoms with E-state index in [-0.39, 0.29) is 11.0 Å². The largest absolute Gasteiger partial charge is 0.490 e. The molecule has 5 nitrogen and oxygen atoms in total. The number of nitrogens with one attached hydrogen (secondary N) is 1. The lowest BCUT2D eigenvalue weighted by atomic mass is 9.81. The minimum Gasteiger partial charge on any atom is -0.423 e. The normalized spacial score (nSPS) is 10.4. The Morgan fingerprint density at radius 1 is 1.43 bits per heavy atom. The highest BCUT2D eigenvalue weighted by Gasteiger charge is 2.12. The zero-order chi connectivity index (χ0) is 10.1. The summed E-state index contributed by atoms with van der Waals surface area (Å²) in [6, 6.07) is 3.05. The monoisotopic (exact) mass is 190 g/mol. The Kier molecular flexibility index (Phi) is 2.07. The zero-order valence-electron chi connectivity index (χ0n) is 7.14. The lowest BCUT2D eigenvalue weighted by Gasteiger charge is -1.99. The second kappa shape index (κ2) is 3.24. The van der Waals surface area contributed by atoms with E-state index in [4.69, 9.17) is 10.0 Å². The molecule has 0 saturated carbocycles. The molecule has 0 spiro atoms. The lowest BCUT2D eigenvalue weighted by molar-refractivity contribution is 0.425. The smallest absolute Gasteiger partial charge is 0.423 e. The zero-order valence-corrected chi connectivity index (χ0v) is 7.14. The molecule has 0 amide bonds. The number of aromatic nitrogens is 2. The minimum atomic E-state index is -1.61. The highest BCUT2D eigenvalue weighted by Crippen LogP contribution is 2.01. The predicted molar refractivity (Wildman–Crippen MR) is 52.2 cm³/mol. The Morgan fingerprint density at radius 2 is 2.21 bits per heavy atom. The van der Waals surface area contributed by atoms with Gasteiger partial charge in [-0.3, -0.25) is 9.78 Å². The van der Waals surface area contributed by atoms with Gasteiger partial charge in [-0.1, -0.05) is 0 Å². The Labute approximate surface area is 79.2 Å². The second-order valence-electron chi connectivity index (χ2n) is 2.88. The van der Waals surface area contributed by atoms with Gasteiger partial charge in [0.05, 0.1) is 10.9 Å². The van der Waals surface area contributed by atoms with Crippen LogP contribution >= 0.6 is 0 Å². The molecule has 0 aromatic carbocycles. The highest BCUT2D eigenvalue weighted by molar-refractivity contribution is 6.58. The summed E-state index contributed by atoms with van der Waals surface area (Å²) >= 11 is 0. The van der Waals surface area contributed by atoms with E-state index in [0.717, 1.165) is 0 Å². The van der Waals surface area contributed by atoms with Gasteiger partial charge in [0.25, 0.3) is 5.56 Å². The van der Waals surface area contributed by atoms with E-state index in [1.54, 1.807) is 6.07 Å². The maximum Gasteiger partial charge on any atom is 0.490 e. The van der Waals surface area contributed by atoms with Crippen LogP contribution in [-0.4, -0.2) is 27.1 Å². The molecular formula is C8H7BN2O3. The van der Waals surface area contributed by atoms with Gasteiger partial charge in [0.15, 0.2) is 0 Å². The quantitative estimate of drug-likeness (QED) is 0.483. The van der Waals surface area contributed by atoms with Crippen molar-refractivity contribution in [2.24, 2.45) is 0 Å². The molecule has 70 valence electrons. The van der Waals surface area contributed by atoms with Gasteiger partial charge < -0.3 is 15.0 Å². The molecule has 6 heteroatoms. The SMILES string of the molecule is O=c1[nH]ccc2ncc(B(O)O)cc12. The molecule has 2 aromatic heterocycles. The van der Waals surface area contributed by atoms with Crippen molar-refractivity contribution >= 4 is 23.5 Å². The van der Waals surface area contributed by atoms with Gasteiger partial charge in [-0.05, 0) is 12.1 Å². The summed E-state index contributed by atoms with van der Waals surface area (Å²) in [6.45, 7) is 0. The molecule has 14 heavy (non-hydrogen) atoms. The van der Waals surface area contributed by atoms with Crippen LogP contribution in [0.3, 0.4) is 0 Å². The van der Waals surface area contributed by atoms with E-state index in [2.05, 4.69) is 9.97 Å². The number of hydrogen-bond acceptors (Lipinski definition) is 4. The van der Waals surface area contributed by atoms with Gasteiger partial charge in [-0.25, -0.2) is 0 Å². The number of fused-ring (bicyclic) bond motifs is 1. The Morgan fingerprint density at radius 3 is 2.93 bits per heavy atom. The van der Waals surface area contributed by atoms with Crippen molar-refractivity contribution in [1.29, 1.82) is 0 Å². The first kappa shape index (κ1) is 8.92. The highest BCUT2D eigenvalue weighted by atomic mass is 16.4. The number of pyridine rings is 2. The summed E-state index contributed by atoms with van der Waals surface area (Å²) in [7, 11) is -1.61. The van der Waals surface area contributed by atoms with Gasteiger partial charge in [-0.15, -0.1) is 0 Å². The predicted octanol–water partition coefficient (Wildman–Crippen LogP) is -1.40. The first-order valence-corrected chi connectivity index (χ1v) is 4.02. The number of rotatable bonds is 1. The van der Waals surface area contributed by atoms with E-state index < -0.39 is 7.12 Å².